The smallest absolute Gasteiger partial charge is 0.243 e. The van der Waals surface area contributed by atoms with Gasteiger partial charge in [0.2, 0.25) is 5.91 Å². The van der Waals surface area contributed by atoms with Crippen molar-refractivity contribution in [1.82, 2.24) is 20.5 Å². The summed E-state index contributed by atoms with van der Waals surface area (Å²) < 4.78 is 0. The average Bonchev–Trinajstić information content (AvgIpc) is 2.81. The molecule has 1 aliphatic rings. The predicted molar refractivity (Wildman–Crippen MR) is 144 cm³/mol. The quantitative estimate of drug-likeness (QED) is 0.168. The number of hydrogen-bond acceptors (Lipinski definition) is 5. The maximum Gasteiger partial charge on any atom is 0.243 e. The van der Waals surface area contributed by atoms with E-state index in [-0.39, 0.29) is 36.4 Å². The van der Waals surface area contributed by atoms with E-state index in [1.165, 1.54) is 4.90 Å². The summed E-state index contributed by atoms with van der Waals surface area (Å²) in [6, 6.07) is 16.7. The zero-order chi connectivity index (χ0) is 21.9. The number of halogens is 1. The van der Waals surface area contributed by atoms with Crippen molar-refractivity contribution in [2.45, 2.75) is 23.8 Å². The molecule has 0 saturated carbocycles. The van der Waals surface area contributed by atoms with E-state index in [1.54, 1.807) is 30.8 Å². The minimum Gasteiger partial charge on any atom is -0.356 e. The van der Waals surface area contributed by atoms with Crippen molar-refractivity contribution in [3.05, 3.63) is 54.7 Å². The highest BCUT2D eigenvalue weighted by Crippen LogP contribution is 2.17. The summed E-state index contributed by atoms with van der Waals surface area (Å²) in [6.45, 7) is 2.81. The Bertz CT molecular complexity index is 829. The predicted octanol–water partition coefficient (Wildman–Crippen LogP) is 3.08. The Labute approximate surface area is 212 Å². The number of guanidine groups is 1. The number of piperidine rings is 1. The fourth-order valence-electron chi connectivity index (χ4n) is 3.28. The van der Waals surface area contributed by atoms with Crippen LogP contribution in [0.1, 0.15) is 12.8 Å². The molecule has 1 aliphatic heterocycles. The van der Waals surface area contributed by atoms with Gasteiger partial charge in [-0.15, -0.1) is 35.7 Å². The monoisotopic (exact) mass is 568 g/mol. The molecule has 0 spiro atoms. The van der Waals surface area contributed by atoms with Gasteiger partial charge < -0.3 is 20.4 Å². The van der Waals surface area contributed by atoms with Crippen LogP contribution in [0.5, 0.6) is 0 Å². The summed E-state index contributed by atoms with van der Waals surface area (Å²) in [5.41, 5.74) is 0. The van der Waals surface area contributed by atoms with Crippen LogP contribution in [0.25, 0.3) is 0 Å². The van der Waals surface area contributed by atoms with Crippen molar-refractivity contribution < 1.29 is 4.79 Å². The van der Waals surface area contributed by atoms with Crippen LogP contribution in [0.3, 0.4) is 0 Å². The molecule has 2 aromatic rings. The van der Waals surface area contributed by atoms with Gasteiger partial charge in [-0.05, 0) is 37.1 Å². The van der Waals surface area contributed by atoms with E-state index in [1.807, 2.05) is 36.5 Å². The molecule has 2 heterocycles. The highest BCUT2D eigenvalue weighted by molar-refractivity contribution is 14.0. The van der Waals surface area contributed by atoms with Crippen molar-refractivity contribution in [2.75, 3.05) is 50.9 Å². The maximum atomic E-state index is 12.0. The van der Waals surface area contributed by atoms with Crippen molar-refractivity contribution in [1.29, 1.82) is 0 Å². The lowest BCUT2D eigenvalue weighted by Crippen LogP contribution is -2.49. The lowest BCUT2D eigenvalue weighted by atomic mass is 10.1. The van der Waals surface area contributed by atoms with E-state index >= 15 is 0 Å². The van der Waals surface area contributed by atoms with E-state index in [4.69, 9.17) is 0 Å². The van der Waals surface area contributed by atoms with Gasteiger partial charge in [-0.25, -0.2) is 9.98 Å². The Morgan fingerprint density at radius 1 is 1.16 bits per heavy atom. The van der Waals surface area contributed by atoms with Crippen LogP contribution in [0.2, 0.25) is 0 Å². The van der Waals surface area contributed by atoms with Gasteiger partial charge in [0.15, 0.2) is 5.96 Å². The van der Waals surface area contributed by atoms with Crippen LogP contribution < -0.4 is 15.5 Å². The van der Waals surface area contributed by atoms with E-state index in [0.29, 0.717) is 12.0 Å². The van der Waals surface area contributed by atoms with Crippen LogP contribution in [0, 0.1) is 0 Å². The Kier molecular flexibility index (Phi) is 11.6. The van der Waals surface area contributed by atoms with E-state index < -0.39 is 0 Å². The first-order chi connectivity index (χ1) is 15.1. The molecule has 7 nitrogen and oxygen atoms in total. The number of aromatic nitrogens is 1. The summed E-state index contributed by atoms with van der Waals surface area (Å²) in [4.78, 5) is 26.1. The van der Waals surface area contributed by atoms with Crippen LogP contribution in [-0.2, 0) is 4.79 Å². The molecule has 1 aromatic carbocycles. The minimum absolute atomic E-state index is 0. The number of carbonyl (C=O) groups is 1. The second-order valence-electron chi connectivity index (χ2n) is 7.63. The van der Waals surface area contributed by atoms with Gasteiger partial charge in [0.1, 0.15) is 12.4 Å². The number of amides is 1. The topological polar surface area (TPSA) is 72.9 Å². The molecule has 2 N–H and O–H groups in total. The first kappa shape index (κ1) is 26.2. The molecule has 0 unspecified atom stereocenters. The Morgan fingerprint density at radius 2 is 1.88 bits per heavy atom. The second kappa shape index (κ2) is 14.2. The zero-order valence-corrected chi connectivity index (χ0v) is 21.9. The van der Waals surface area contributed by atoms with Gasteiger partial charge in [0, 0.05) is 56.6 Å². The number of nitrogens with zero attached hydrogens (tertiary/aromatic N) is 4. The Balaban J connectivity index is 0.00000363. The molecule has 0 radical (unpaired) electrons. The number of anilines is 1. The van der Waals surface area contributed by atoms with E-state index in [9.17, 15) is 4.79 Å². The molecular weight excluding hydrogens is 535 g/mol. The fraction of sp³-hybridized carbons (Fsp3) is 0.435. The summed E-state index contributed by atoms with van der Waals surface area (Å²) in [5, 5.41) is 6.93. The van der Waals surface area contributed by atoms with Gasteiger partial charge in [-0.1, -0.05) is 24.3 Å². The average molecular weight is 569 g/mol. The first-order valence-electron chi connectivity index (χ1n) is 10.7. The summed E-state index contributed by atoms with van der Waals surface area (Å²) in [5.74, 6) is 2.65. The largest absolute Gasteiger partial charge is 0.356 e. The van der Waals surface area contributed by atoms with Gasteiger partial charge in [0.25, 0.3) is 0 Å². The third-order valence-electron chi connectivity index (χ3n) is 5.09. The summed E-state index contributed by atoms with van der Waals surface area (Å²) in [6.07, 6.45) is 3.83. The number of hydrogen-bond donors (Lipinski definition) is 2. The van der Waals surface area contributed by atoms with Crippen LogP contribution >= 0.6 is 35.7 Å². The number of nitrogens with one attached hydrogen (secondary N) is 2. The SMILES string of the molecule is CN(C)C(=O)CN=C(NCCSc1ccccc1)NC1CCN(c2ccccn2)CC1.I. The second-order valence-corrected chi connectivity index (χ2v) is 8.80. The standard InChI is InChI=1S/C23H32N6OS.HI/c1-28(2)22(30)18-26-23(25-14-17-31-20-8-4-3-5-9-20)27-19-11-15-29(16-12-19)21-10-6-7-13-24-21;/h3-10,13,19H,11-12,14-18H2,1-2H3,(H2,25,26,27);1H. The molecule has 0 atom stereocenters. The van der Waals surface area contributed by atoms with Crippen molar-refractivity contribution in [2.24, 2.45) is 4.99 Å². The highest BCUT2D eigenvalue weighted by Gasteiger charge is 2.21. The number of pyridine rings is 1. The van der Waals surface area contributed by atoms with Gasteiger partial charge >= 0.3 is 0 Å². The zero-order valence-electron chi connectivity index (χ0n) is 18.7. The summed E-state index contributed by atoms with van der Waals surface area (Å²) in [7, 11) is 3.50. The van der Waals surface area contributed by atoms with E-state index in [0.717, 1.165) is 44.0 Å². The molecule has 9 heteroatoms. The molecule has 32 heavy (non-hydrogen) atoms. The molecule has 1 saturated heterocycles. The number of likely N-dealkylation sites (N-methyl/N-ethyl adjacent to an activating group) is 1. The van der Waals surface area contributed by atoms with Gasteiger partial charge in [-0.3, -0.25) is 4.79 Å². The molecule has 0 aliphatic carbocycles. The third kappa shape index (κ3) is 8.85. The van der Waals surface area contributed by atoms with Crippen molar-refractivity contribution in [3.8, 4) is 0 Å². The number of aliphatic imine (C=N–C) groups is 1. The molecule has 1 aromatic heterocycles. The minimum atomic E-state index is -0.00951. The number of benzene rings is 1. The Hall–Kier alpha value is -2.01. The molecule has 3 rings (SSSR count). The molecule has 1 amide bonds. The number of thioether (sulfide) groups is 1. The lowest BCUT2D eigenvalue weighted by molar-refractivity contribution is -0.127. The van der Waals surface area contributed by atoms with Crippen LogP contribution in [0.15, 0.2) is 64.6 Å². The number of carbonyl (C=O) groups excluding carboxylic acids is 1. The van der Waals surface area contributed by atoms with Crippen LogP contribution in [-0.4, -0.2) is 73.8 Å². The van der Waals surface area contributed by atoms with E-state index in [2.05, 4.69) is 43.7 Å². The third-order valence-corrected chi connectivity index (χ3v) is 6.10. The number of rotatable bonds is 8. The molecule has 174 valence electrons. The Morgan fingerprint density at radius 3 is 2.53 bits per heavy atom. The highest BCUT2D eigenvalue weighted by atomic mass is 127. The maximum absolute atomic E-state index is 12.0. The normalized spacial score (nSPS) is 14.4. The lowest BCUT2D eigenvalue weighted by Gasteiger charge is -2.33. The van der Waals surface area contributed by atoms with Crippen molar-refractivity contribution in [3.63, 3.8) is 0 Å². The van der Waals surface area contributed by atoms with Gasteiger partial charge in [-0.2, -0.15) is 0 Å². The van der Waals surface area contributed by atoms with Crippen LogP contribution in [0.4, 0.5) is 5.82 Å². The molecule has 1 fully saturated rings. The fourth-order valence-corrected chi connectivity index (χ4v) is 4.07. The van der Waals surface area contributed by atoms with Gasteiger partial charge in [0.05, 0.1) is 0 Å². The first-order valence-corrected chi connectivity index (χ1v) is 11.7. The summed E-state index contributed by atoms with van der Waals surface area (Å²) >= 11 is 1.80. The molecule has 0 bridgehead atoms. The molecular formula is C23H33IN6OS. The van der Waals surface area contributed by atoms with Crippen molar-refractivity contribution >= 4 is 53.4 Å².